The quantitative estimate of drug-likeness (QED) is 0.486. The van der Waals surface area contributed by atoms with Crippen LogP contribution in [0.1, 0.15) is 91.3 Å². The summed E-state index contributed by atoms with van der Waals surface area (Å²) in [7, 11) is 0. The van der Waals surface area contributed by atoms with Gasteiger partial charge in [0.15, 0.2) is 0 Å². The lowest BCUT2D eigenvalue weighted by Gasteiger charge is -2.34. The third kappa shape index (κ3) is 11.2. The van der Waals surface area contributed by atoms with Gasteiger partial charge in [0.2, 0.25) is 11.8 Å². The van der Waals surface area contributed by atoms with E-state index in [4.69, 9.17) is 4.74 Å². The number of nitrogens with zero attached hydrogens (tertiary/aromatic N) is 1. The van der Waals surface area contributed by atoms with E-state index in [1.165, 1.54) is 0 Å². The summed E-state index contributed by atoms with van der Waals surface area (Å²) in [6.07, 6.45) is 3.20. The summed E-state index contributed by atoms with van der Waals surface area (Å²) < 4.78 is 5.26. The fraction of sp³-hybridized carbons (Fsp3) is 0.654. The van der Waals surface area contributed by atoms with Gasteiger partial charge in [-0.1, -0.05) is 56.0 Å². The van der Waals surface area contributed by atoms with Gasteiger partial charge < -0.3 is 20.3 Å². The molecule has 0 bridgehead atoms. The van der Waals surface area contributed by atoms with Crippen LogP contribution in [0.5, 0.6) is 0 Å². The minimum absolute atomic E-state index is 0.241. The van der Waals surface area contributed by atoms with Crippen molar-refractivity contribution in [3.63, 3.8) is 0 Å². The highest BCUT2D eigenvalue weighted by Gasteiger charge is 2.33. The number of unbranched alkanes of at least 4 members (excludes halogenated alkanes) is 3. The van der Waals surface area contributed by atoms with E-state index in [0.29, 0.717) is 6.54 Å². The van der Waals surface area contributed by atoms with Crippen molar-refractivity contribution in [2.45, 2.75) is 98.3 Å². The van der Waals surface area contributed by atoms with Crippen molar-refractivity contribution in [2.75, 3.05) is 13.1 Å². The van der Waals surface area contributed by atoms with E-state index in [1.54, 1.807) is 25.7 Å². The Kier molecular flexibility index (Phi) is 10.9. The highest BCUT2D eigenvalue weighted by atomic mass is 16.6. The molecule has 0 aromatic heterocycles. The molecule has 0 fully saturated rings. The van der Waals surface area contributed by atoms with Crippen molar-refractivity contribution >= 4 is 17.9 Å². The van der Waals surface area contributed by atoms with Crippen molar-refractivity contribution in [3.05, 3.63) is 35.4 Å². The fourth-order valence-corrected chi connectivity index (χ4v) is 3.42. The second-order valence-corrected chi connectivity index (χ2v) is 10.6. The van der Waals surface area contributed by atoms with Crippen LogP contribution in [-0.2, 0) is 14.3 Å². The molecule has 0 aliphatic rings. The van der Waals surface area contributed by atoms with E-state index < -0.39 is 23.3 Å². The van der Waals surface area contributed by atoms with E-state index in [1.807, 2.05) is 52.0 Å². The highest BCUT2D eigenvalue weighted by Crippen LogP contribution is 2.24. The van der Waals surface area contributed by atoms with Crippen LogP contribution in [0.4, 0.5) is 4.79 Å². The summed E-state index contributed by atoms with van der Waals surface area (Å²) >= 11 is 0. The predicted octanol–water partition coefficient (Wildman–Crippen LogP) is 4.88. The molecule has 0 aliphatic heterocycles. The number of amides is 3. The molecule has 33 heavy (non-hydrogen) atoms. The summed E-state index contributed by atoms with van der Waals surface area (Å²) in [5.74, 6) is -0.567. The molecule has 1 rings (SSSR count). The van der Waals surface area contributed by atoms with E-state index in [9.17, 15) is 14.4 Å². The van der Waals surface area contributed by atoms with Crippen LogP contribution < -0.4 is 10.6 Å². The van der Waals surface area contributed by atoms with Crippen LogP contribution in [0.3, 0.4) is 0 Å². The van der Waals surface area contributed by atoms with Crippen LogP contribution >= 0.6 is 0 Å². The van der Waals surface area contributed by atoms with Gasteiger partial charge in [0.25, 0.3) is 0 Å². The van der Waals surface area contributed by atoms with Crippen molar-refractivity contribution in [3.8, 4) is 0 Å². The maximum absolute atomic E-state index is 13.4. The monoisotopic (exact) mass is 461 g/mol. The number of carbonyl (C=O) groups is 3. The van der Waals surface area contributed by atoms with Gasteiger partial charge in [-0.15, -0.1) is 0 Å². The van der Waals surface area contributed by atoms with Crippen LogP contribution in [0, 0.1) is 6.92 Å². The number of aryl methyl sites for hydroxylation is 1. The predicted molar refractivity (Wildman–Crippen MR) is 132 cm³/mol. The molecule has 7 nitrogen and oxygen atoms in total. The molecule has 0 aliphatic carbocycles. The molecule has 0 spiro atoms. The SMILES string of the molecule is CCCCCCN(C(=O)CNC(=O)OC(C)(C)C)C(C(=O)NC(C)(C)C)c1cccc(C)c1. The fourth-order valence-electron chi connectivity index (χ4n) is 3.42. The summed E-state index contributed by atoms with van der Waals surface area (Å²) in [5.41, 5.74) is 0.637. The summed E-state index contributed by atoms with van der Waals surface area (Å²) in [4.78, 5) is 40.4. The van der Waals surface area contributed by atoms with Gasteiger partial charge in [-0.3, -0.25) is 9.59 Å². The van der Waals surface area contributed by atoms with Gasteiger partial charge in [-0.2, -0.15) is 0 Å². The Hall–Kier alpha value is -2.57. The largest absolute Gasteiger partial charge is 0.444 e. The summed E-state index contributed by atoms with van der Waals surface area (Å²) in [5, 5.41) is 5.57. The van der Waals surface area contributed by atoms with Gasteiger partial charge in [0.1, 0.15) is 18.2 Å². The van der Waals surface area contributed by atoms with E-state index in [2.05, 4.69) is 17.6 Å². The first-order chi connectivity index (χ1) is 15.2. The smallest absolute Gasteiger partial charge is 0.408 e. The van der Waals surface area contributed by atoms with Crippen molar-refractivity contribution in [1.29, 1.82) is 0 Å². The molecule has 3 amide bonds. The number of ether oxygens (including phenoxy) is 1. The standard InChI is InChI=1S/C26H43N3O4/c1-9-10-11-12-16-29(21(30)18-27-24(32)33-26(6,7)8)22(23(31)28-25(3,4)5)20-15-13-14-19(2)17-20/h13-15,17,22H,9-12,16,18H2,1-8H3,(H,27,32)(H,28,31). The molecule has 0 heterocycles. The normalized spacial score (nSPS) is 12.6. The Morgan fingerprint density at radius 3 is 2.24 bits per heavy atom. The van der Waals surface area contributed by atoms with E-state index >= 15 is 0 Å². The minimum atomic E-state index is -0.793. The highest BCUT2D eigenvalue weighted by molar-refractivity contribution is 5.90. The summed E-state index contributed by atoms with van der Waals surface area (Å²) in [6, 6.07) is 6.85. The second kappa shape index (κ2) is 12.6. The Labute approximate surface area is 199 Å². The van der Waals surface area contributed by atoms with Gasteiger partial charge in [-0.05, 0) is 60.5 Å². The molecular weight excluding hydrogens is 418 g/mol. The number of carbonyl (C=O) groups excluding carboxylic acids is 3. The van der Waals surface area contributed by atoms with Gasteiger partial charge in [0.05, 0.1) is 0 Å². The maximum atomic E-state index is 13.4. The molecule has 1 aromatic carbocycles. The van der Waals surface area contributed by atoms with Crippen LogP contribution in [0.15, 0.2) is 24.3 Å². The first-order valence-corrected chi connectivity index (χ1v) is 11.9. The number of nitrogens with one attached hydrogen (secondary N) is 2. The van der Waals surface area contributed by atoms with Crippen molar-refractivity contribution in [2.24, 2.45) is 0 Å². The molecule has 0 saturated carbocycles. The van der Waals surface area contributed by atoms with Crippen molar-refractivity contribution in [1.82, 2.24) is 15.5 Å². The Balaban J connectivity index is 3.21. The minimum Gasteiger partial charge on any atom is -0.444 e. The average molecular weight is 462 g/mol. The number of hydrogen-bond donors (Lipinski definition) is 2. The van der Waals surface area contributed by atoms with E-state index in [0.717, 1.165) is 36.8 Å². The van der Waals surface area contributed by atoms with Gasteiger partial charge in [0, 0.05) is 12.1 Å². The molecule has 1 unspecified atom stereocenters. The molecule has 1 atom stereocenters. The lowest BCUT2D eigenvalue weighted by molar-refractivity contribution is -0.141. The first kappa shape index (κ1) is 28.5. The zero-order chi connectivity index (χ0) is 25.2. The molecule has 7 heteroatoms. The van der Waals surface area contributed by atoms with E-state index in [-0.39, 0.29) is 18.4 Å². The number of hydrogen-bond acceptors (Lipinski definition) is 4. The Bertz CT molecular complexity index is 793. The third-order valence-electron chi connectivity index (χ3n) is 4.77. The van der Waals surface area contributed by atoms with Crippen LogP contribution in [0.2, 0.25) is 0 Å². The lowest BCUT2D eigenvalue weighted by Crippen LogP contribution is -2.51. The molecule has 0 radical (unpaired) electrons. The van der Waals surface area contributed by atoms with Gasteiger partial charge in [-0.25, -0.2) is 4.79 Å². The molecule has 2 N–H and O–H groups in total. The molecule has 0 saturated heterocycles. The maximum Gasteiger partial charge on any atom is 0.408 e. The first-order valence-electron chi connectivity index (χ1n) is 11.9. The summed E-state index contributed by atoms with van der Waals surface area (Å²) in [6.45, 7) is 15.3. The molecular formula is C26H43N3O4. The lowest BCUT2D eigenvalue weighted by atomic mass is 9.99. The average Bonchev–Trinajstić information content (AvgIpc) is 2.65. The van der Waals surface area contributed by atoms with Crippen LogP contribution in [-0.4, -0.2) is 47.0 Å². The third-order valence-corrected chi connectivity index (χ3v) is 4.77. The molecule has 186 valence electrons. The van der Waals surface area contributed by atoms with Crippen molar-refractivity contribution < 1.29 is 19.1 Å². The van der Waals surface area contributed by atoms with Crippen LogP contribution in [0.25, 0.3) is 0 Å². The zero-order valence-electron chi connectivity index (χ0n) is 21.7. The number of rotatable bonds is 10. The zero-order valence-corrected chi connectivity index (χ0v) is 21.7. The second-order valence-electron chi connectivity index (χ2n) is 10.6. The number of alkyl carbamates (subject to hydrolysis) is 1. The molecule has 1 aromatic rings. The topological polar surface area (TPSA) is 87.7 Å². The Morgan fingerprint density at radius 2 is 1.70 bits per heavy atom. The van der Waals surface area contributed by atoms with Gasteiger partial charge >= 0.3 is 6.09 Å². The Morgan fingerprint density at radius 1 is 1.03 bits per heavy atom. The number of benzene rings is 1.